The van der Waals surface area contributed by atoms with E-state index in [4.69, 9.17) is 5.11 Å². The minimum Gasteiger partial charge on any atom is -0.480 e. The molecule has 0 aromatic carbocycles. The molecule has 21 heavy (non-hydrogen) atoms. The molecular formula is C14H19N3O4. The van der Waals surface area contributed by atoms with Crippen LogP contribution in [0.2, 0.25) is 0 Å². The van der Waals surface area contributed by atoms with Crippen LogP contribution >= 0.6 is 0 Å². The third-order valence-electron chi connectivity index (χ3n) is 3.49. The van der Waals surface area contributed by atoms with Crippen LogP contribution < -0.4 is 5.56 Å². The van der Waals surface area contributed by atoms with Crippen molar-refractivity contribution in [3.05, 3.63) is 27.4 Å². The maximum absolute atomic E-state index is 12.5. The molecule has 1 heterocycles. The van der Waals surface area contributed by atoms with E-state index in [0.29, 0.717) is 11.5 Å². The van der Waals surface area contributed by atoms with Crippen molar-refractivity contribution in [2.45, 2.75) is 45.6 Å². The molecule has 1 aliphatic rings. The molecule has 114 valence electrons. The summed E-state index contributed by atoms with van der Waals surface area (Å²) in [7, 11) is 0. The Morgan fingerprint density at radius 2 is 2.05 bits per heavy atom. The molecule has 0 bridgehead atoms. The molecule has 1 aromatic rings. The summed E-state index contributed by atoms with van der Waals surface area (Å²) in [5, 5.41) is 8.90. The molecule has 1 aromatic heterocycles. The van der Waals surface area contributed by atoms with E-state index in [1.54, 1.807) is 20.8 Å². The average molecular weight is 293 g/mol. The minimum atomic E-state index is -1.12. The largest absolute Gasteiger partial charge is 0.480 e. The van der Waals surface area contributed by atoms with Crippen molar-refractivity contribution in [1.29, 1.82) is 0 Å². The van der Waals surface area contributed by atoms with Gasteiger partial charge in [0.15, 0.2) is 0 Å². The monoisotopic (exact) mass is 293 g/mol. The first kappa shape index (κ1) is 15.2. The number of rotatable bonds is 5. The topological polar surface area (TPSA) is 103 Å². The van der Waals surface area contributed by atoms with E-state index in [1.165, 1.54) is 0 Å². The zero-order chi connectivity index (χ0) is 15.7. The first-order valence-electron chi connectivity index (χ1n) is 6.94. The predicted molar refractivity (Wildman–Crippen MR) is 75.4 cm³/mol. The van der Waals surface area contributed by atoms with E-state index in [2.05, 4.69) is 9.97 Å². The number of carboxylic acids is 1. The fraction of sp³-hybridized carbons (Fsp3) is 0.571. The van der Waals surface area contributed by atoms with Crippen LogP contribution in [0, 0.1) is 6.92 Å². The van der Waals surface area contributed by atoms with Gasteiger partial charge in [0.05, 0.1) is 5.69 Å². The van der Waals surface area contributed by atoms with E-state index in [0.717, 1.165) is 17.7 Å². The predicted octanol–water partition coefficient (Wildman–Crippen LogP) is 0.891. The molecule has 0 aliphatic heterocycles. The number of carboxylic acid groups (broad SMARTS) is 1. The van der Waals surface area contributed by atoms with Crippen LogP contribution in [0.25, 0.3) is 0 Å². The fourth-order valence-electron chi connectivity index (χ4n) is 2.19. The van der Waals surface area contributed by atoms with Gasteiger partial charge in [-0.05, 0) is 33.6 Å². The zero-order valence-electron chi connectivity index (χ0n) is 12.3. The fourth-order valence-corrected chi connectivity index (χ4v) is 2.19. The minimum absolute atomic E-state index is 0.0747. The number of amides is 1. The van der Waals surface area contributed by atoms with E-state index < -0.39 is 24.0 Å². The smallest absolute Gasteiger partial charge is 0.323 e. The Bertz CT molecular complexity index is 632. The van der Waals surface area contributed by atoms with Crippen molar-refractivity contribution in [2.24, 2.45) is 0 Å². The first-order chi connectivity index (χ1) is 9.81. The summed E-state index contributed by atoms with van der Waals surface area (Å²) in [6.07, 6.45) is 1.99. The summed E-state index contributed by atoms with van der Waals surface area (Å²) >= 11 is 0. The third kappa shape index (κ3) is 3.29. The highest BCUT2D eigenvalue weighted by Crippen LogP contribution is 2.37. The molecule has 2 rings (SSSR count). The molecule has 1 aliphatic carbocycles. The van der Waals surface area contributed by atoms with Gasteiger partial charge in [0.25, 0.3) is 11.5 Å². The quantitative estimate of drug-likeness (QED) is 0.839. The third-order valence-corrected chi connectivity index (χ3v) is 3.49. The van der Waals surface area contributed by atoms with Crippen LogP contribution in [0.4, 0.5) is 0 Å². The van der Waals surface area contributed by atoms with Gasteiger partial charge in [0.2, 0.25) is 0 Å². The molecule has 2 N–H and O–H groups in total. The van der Waals surface area contributed by atoms with Crippen LogP contribution in [0.15, 0.2) is 4.79 Å². The van der Waals surface area contributed by atoms with Crippen molar-refractivity contribution < 1.29 is 14.7 Å². The summed E-state index contributed by atoms with van der Waals surface area (Å²) in [6, 6.07) is -0.324. The number of nitrogens with one attached hydrogen (secondary N) is 1. The molecule has 0 radical (unpaired) electrons. The molecule has 7 heteroatoms. The van der Waals surface area contributed by atoms with E-state index in [1.807, 2.05) is 0 Å². The van der Waals surface area contributed by atoms with Crippen molar-refractivity contribution in [3.63, 3.8) is 0 Å². The second-order valence-electron chi connectivity index (χ2n) is 5.61. The number of hydrogen-bond donors (Lipinski definition) is 2. The van der Waals surface area contributed by atoms with Crippen molar-refractivity contribution in [3.8, 4) is 0 Å². The maximum Gasteiger partial charge on any atom is 0.323 e. The average Bonchev–Trinajstić information content (AvgIpc) is 3.18. The van der Waals surface area contributed by atoms with Gasteiger partial charge in [0, 0.05) is 12.0 Å². The van der Waals surface area contributed by atoms with Gasteiger partial charge in [-0.2, -0.15) is 0 Å². The van der Waals surface area contributed by atoms with Crippen molar-refractivity contribution in [2.75, 3.05) is 6.54 Å². The Labute approximate surface area is 122 Å². The van der Waals surface area contributed by atoms with E-state index in [9.17, 15) is 14.4 Å². The Morgan fingerprint density at radius 1 is 1.43 bits per heavy atom. The SMILES string of the molecule is Cc1nc(C2CC2)[nH]c(=O)c1C(=O)N(CC(=O)O)C(C)C. The van der Waals surface area contributed by atoms with Crippen molar-refractivity contribution >= 4 is 11.9 Å². The zero-order valence-corrected chi connectivity index (χ0v) is 12.3. The maximum atomic E-state index is 12.5. The van der Waals surface area contributed by atoms with Gasteiger partial charge >= 0.3 is 5.97 Å². The van der Waals surface area contributed by atoms with Gasteiger partial charge in [-0.15, -0.1) is 0 Å². The van der Waals surface area contributed by atoms with Crippen molar-refractivity contribution in [1.82, 2.24) is 14.9 Å². The number of aromatic amines is 1. The summed E-state index contributed by atoms with van der Waals surface area (Å²) < 4.78 is 0. The molecule has 0 spiro atoms. The second kappa shape index (κ2) is 5.67. The number of aliphatic carboxylic acids is 1. The Morgan fingerprint density at radius 3 is 2.48 bits per heavy atom. The molecule has 0 saturated heterocycles. The Kier molecular flexibility index (Phi) is 4.11. The number of aromatic nitrogens is 2. The van der Waals surface area contributed by atoms with Crippen LogP contribution in [0.5, 0.6) is 0 Å². The molecule has 0 atom stereocenters. The number of aryl methyl sites for hydroxylation is 1. The van der Waals surface area contributed by atoms with Crippen LogP contribution in [0.1, 0.15) is 54.5 Å². The highest BCUT2D eigenvalue weighted by Gasteiger charge is 2.30. The molecule has 1 fully saturated rings. The Hall–Kier alpha value is -2.18. The van der Waals surface area contributed by atoms with Gasteiger partial charge < -0.3 is 15.0 Å². The lowest BCUT2D eigenvalue weighted by atomic mass is 10.1. The second-order valence-corrected chi connectivity index (χ2v) is 5.61. The standard InChI is InChI=1S/C14H19N3O4/c1-7(2)17(6-10(18)19)14(21)11-8(3)15-12(9-4-5-9)16-13(11)20/h7,9H,4-6H2,1-3H3,(H,18,19)(H,15,16,20). The summed E-state index contributed by atoms with van der Waals surface area (Å²) in [5.74, 6) is -0.821. The number of carbonyl (C=O) groups excluding carboxylic acids is 1. The number of carbonyl (C=O) groups is 2. The molecule has 1 amide bonds. The van der Waals surface area contributed by atoms with Gasteiger partial charge in [0.1, 0.15) is 17.9 Å². The molecule has 1 saturated carbocycles. The lowest BCUT2D eigenvalue weighted by Crippen LogP contribution is -2.43. The van der Waals surface area contributed by atoms with Gasteiger partial charge in [-0.1, -0.05) is 0 Å². The summed E-state index contributed by atoms with van der Waals surface area (Å²) in [5.41, 5.74) is -0.221. The Balaban J connectivity index is 2.37. The first-order valence-corrected chi connectivity index (χ1v) is 6.94. The summed E-state index contributed by atoms with van der Waals surface area (Å²) in [6.45, 7) is 4.57. The normalized spacial score (nSPS) is 14.3. The lowest BCUT2D eigenvalue weighted by Gasteiger charge is -2.25. The highest BCUT2D eigenvalue weighted by atomic mass is 16.4. The number of nitrogens with zero attached hydrogens (tertiary/aromatic N) is 2. The number of hydrogen-bond acceptors (Lipinski definition) is 4. The van der Waals surface area contributed by atoms with Crippen LogP contribution in [-0.2, 0) is 4.79 Å². The van der Waals surface area contributed by atoms with E-state index >= 15 is 0 Å². The van der Waals surface area contributed by atoms with Crippen LogP contribution in [-0.4, -0.2) is 44.4 Å². The van der Waals surface area contributed by atoms with Crippen LogP contribution in [0.3, 0.4) is 0 Å². The highest BCUT2D eigenvalue weighted by molar-refractivity contribution is 5.96. The molecule has 7 nitrogen and oxygen atoms in total. The molecule has 0 unspecified atom stereocenters. The van der Waals surface area contributed by atoms with Gasteiger partial charge in [-0.25, -0.2) is 4.98 Å². The summed E-state index contributed by atoms with van der Waals surface area (Å²) in [4.78, 5) is 43.6. The lowest BCUT2D eigenvalue weighted by molar-refractivity contribution is -0.138. The van der Waals surface area contributed by atoms with Gasteiger partial charge in [-0.3, -0.25) is 14.4 Å². The molecular weight excluding hydrogens is 274 g/mol. The van der Waals surface area contributed by atoms with E-state index in [-0.39, 0.29) is 17.5 Å². The number of H-pyrrole nitrogens is 1.